The Labute approximate surface area is 147 Å². The van der Waals surface area contributed by atoms with E-state index in [1.165, 1.54) is 0 Å². The van der Waals surface area contributed by atoms with Gasteiger partial charge in [-0.25, -0.2) is 5.01 Å². The molecule has 2 atom stereocenters. The maximum absolute atomic E-state index is 6.25. The van der Waals surface area contributed by atoms with Gasteiger partial charge in [-0.05, 0) is 41.8 Å². The minimum absolute atomic E-state index is 0.0969. The molecule has 0 radical (unpaired) electrons. The van der Waals surface area contributed by atoms with E-state index in [4.69, 9.17) is 25.9 Å². The van der Waals surface area contributed by atoms with Crippen molar-refractivity contribution in [2.24, 2.45) is 5.10 Å². The number of hydrazone groups is 1. The molecule has 0 saturated heterocycles. The van der Waals surface area contributed by atoms with Gasteiger partial charge in [0.25, 0.3) is 0 Å². The third kappa shape index (κ3) is 2.16. The highest BCUT2D eigenvalue weighted by molar-refractivity contribution is 7.10. The van der Waals surface area contributed by atoms with E-state index in [1.807, 2.05) is 41.4 Å². The second-order valence-electron chi connectivity index (χ2n) is 5.79. The van der Waals surface area contributed by atoms with Crippen molar-refractivity contribution in [2.75, 3.05) is 0 Å². The summed E-state index contributed by atoms with van der Waals surface area (Å²) in [6.45, 7) is 0. The molecule has 0 N–H and O–H groups in total. The topological polar surface area (TPSA) is 38.0 Å². The van der Waals surface area contributed by atoms with Gasteiger partial charge in [-0.2, -0.15) is 5.10 Å². The summed E-state index contributed by atoms with van der Waals surface area (Å²) in [5.74, 6) is 1.67. The molecule has 0 spiro atoms. The Morgan fingerprint density at radius 3 is 2.96 bits per heavy atom. The zero-order valence-corrected chi connectivity index (χ0v) is 14.1. The van der Waals surface area contributed by atoms with Crippen LogP contribution in [-0.4, -0.2) is 10.7 Å². The molecule has 0 fully saturated rings. The van der Waals surface area contributed by atoms with Crippen LogP contribution in [0.4, 0.5) is 0 Å². The SMILES string of the molecule is Clc1ccc2c(c1)[C@@H]1CC(c3ccco3)=NN1[C@@H](c1cccs1)O2. The number of fused-ring (bicyclic) bond motifs is 3. The number of halogens is 1. The number of furan rings is 1. The summed E-state index contributed by atoms with van der Waals surface area (Å²) in [4.78, 5) is 1.13. The number of nitrogens with zero attached hydrogens (tertiary/aromatic N) is 2. The van der Waals surface area contributed by atoms with Crippen molar-refractivity contribution in [1.29, 1.82) is 0 Å². The molecule has 0 saturated carbocycles. The van der Waals surface area contributed by atoms with Crippen LogP contribution >= 0.6 is 22.9 Å². The largest absolute Gasteiger partial charge is 0.464 e. The number of hydrogen-bond acceptors (Lipinski definition) is 5. The van der Waals surface area contributed by atoms with E-state index in [1.54, 1.807) is 17.6 Å². The van der Waals surface area contributed by atoms with E-state index < -0.39 is 0 Å². The van der Waals surface area contributed by atoms with Crippen LogP contribution in [0.25, 0.3) is 0 Å². The number of rotatable bonds is 2. The lowest BCUT2D eigenvalue weighted by Gasteiger charge is -2.37. The summed E-state index contributed by atoms with van der Waals surface area (Å²) in [6, 6.07) is 13.8. The third-order valence-electron chi connectivity index (χ3n) is 4.34. The fourth-order valence-electron chi connectivity index (χ4n) is 3.27. The molecule has 5 rings (SSSR count). The van der Waals surface area contributed by atoms with Gasteiger partial charge in [-0.1, -0.05) is 17.7 Å². The van der Waals surface area contributed by atoms with Crippen LogP contribution in [0.15, 0.2) is 63.6 Å². The van der Waals surface area contributed by atoms with Crippen molar-refractivity contribution in [3.05, 3.63) is 75.3 Å². The lowest BCUT2D eigenvalue weighted by atomic mass is 9.98. The van der Waals surface area contributed by atoms with Gasteiger partial charge in [0.15, 0.2) is 0 Å². The Balaban J connectivity index is 1.62. The van der Waals surface area contributed by atoms with Gasteiger partial charge < -0.3 is 9.15 Å². The lowest BCUT2D eigenvalue weighted by molar-refractivity contribution is -0.0165. The maximum atomic E-state index is 6.25. The van der Waals surface area contributed by atoms with Crippen molar-refractivity contribution in [2.45, 2.75) is 18.7 Å². The molecule has 6 heteroatoms. The second kappa shape index (κ2) is 5.40. The summed E-state index contributed by atoms with van der Waals surface area (Å²) < 4.78 is 11.8. The Morgan fingerprint density at radius 1 is 1.21 bits per heavy atom. The summed E-state index contributed by atoms with van der Waals surface area (Å²) >= 11 is 7.88. The summed E-state index contributed by atoms with van der Waals surface area (Å²) in [5.41, 5.74) is 2.00. The van der Waals surface area contributed by atoms with Crippen molar-refractivity contribution in [1.82, 2.24) is 5.01 Å². The Morgan fingerprint density at radius 2 is 2.17 bits per heavy atom. The van der Waals surface area contributed by atoms with Crippen LogP contribution in [0.1, 0.15) is 34.9 Å². The van der Waals surface area contributed by atoms with Crippen molar-refractivity contribution < 1.29 is 9.15 Å². The lowest BCUT2D eigenvalue weighted by Crippen LogP contribution is -2.33. The van der Waals surface area contributed by atoms with E-state index in [9.17, 15) is 0 Å². The van der Waals surface area contributed by atoms with Gasteiger partial charge in [-0.15, -0.1) is 11.3 Å². The first kappa shape index (κ1) is 14.1. The average Bonchev–Trinajstić information content (AvgIpc) is 3.33. The van der Waals surface area contributed by atoms with Crippen molar-refractivity contribution >= 4 is 28.6 Å². The smallest absolute Gasteiger partial charge is 0.222 e. The van der Waals surface area contributed by atoms with Crippen molar-refractivity contribution in [3.63, 3.8) is 0 Å². The highest BCUT2D eigenvalue weighted by atomic mass is 35.5. The van der Waals surface area contributed by atoms with E-state index in [0.717, 1.165) is 34.1 Å². The fraction of sp³-hybridized carbons (Fsp3) is 0.167. The maximum Gasteiger partial charge on any atom is 0.222 e. The van der Waals surface area contributed by atoms with Crippen molar-refractivity contribution in [3.8, 4) is 5.75 Å². The summed E-state index contributed by atoms with van der Waals surface area (Å²) in [5, 5.41) is 9.60. The molecular formula is C18H13ClN2O2S. The van der Waals surface area contributed by atoms with Gasteiger partial charge in [0, 0.05) is 17.0 Å². The minimum atomic E-state index is -0.226. The van der Waals surface area contributed by atoms with E-state index >= 15 is 0 Å². The van der Waals surface area contributed by atoms with Crippen LogP contribution < -0.4 is 4.74 Å². The molecule has 4 heterocycles. The third-order valence-corrected chi connectivity index (χ3v) is 5.48. The van der Waals surface area contributed by atoms with E-state index in [-0.39, 0.29) is 12.3 Å². The van der Waals surface area contributed by atoms with Crippen LogP contribution in [0.5, 0.6) is 5.75 Å². The number of thiophene rings is 1. The van der Waals surface area contributed by atoms with Gasteiger partial charge in [0.2, 0.25) is 6.23 Å². The first-order valence-electron chi connectivity index (χ1n) is 7.69. The second-order valence-corrected chi connectivity index (χ2v) is 7.21. The van der Waals surface area contributed by atoms with Crippen LogP contribution in [0, 0.1) is 0 Å². The molecule has 0 unspecified atom stereocenters. The Bertz CT molecular complexity index is 905. The van der Waals surface area contributed by atoms with E-state index in [0.29, 0.717) is 5.02 Å². The zero-order valence-electron chi connectivity index (χ0n) is 12.6. The minimum Gasteiger partial charge on any atom is -0.464 e. The molecule has 1 aromatic carbocycles. The number of ether oxygens (including phenoxy) is 1. The van der Waals surface area contributed by atoms with Gasteiger partial charge in [0.05, 0.1) is 17.2 Å². The summed E-state index contributed by atoms with van der Waals surface area (Å²) in [7, 11) is 0. The molecule has 2 aromatic heterocycles. The van der Waals surface area contributed by atoms with Crippen LogP contribution in [0.3, 0.4) is 0 Å². The van der Waals surface area contributed by atoms with Gasteiger partial charge >= 0.3 is 0 Å². The van der Waals surface area contributed by atoms with E-state index in [2.05, 4.69) is 11.4 Å². The highest BCUT2D eigenvalue weighted by Gasteiger charge is 2.41. The molecule has 3 aromatic rings. The highest BCUT2D eigenvalue weighted by Crippen LogP contribution is 2.48. The first-order valence-corrected chi connectivity index (χ1v) is 8.94. The molecule has 0 amide bonds. The van der Waals surface area contributed by atoms with Crippen LogP contribution in [-0.2, 0) is 0 Å². The first-order chi connectivity index (χ1) is 11.8. The Kier molecular flexibility index (Phi) is 3.18. The average molecular weight is 357 g/mol. The molecule has 0 bridgehead atoms. The zero-order chi connectivity index (χ0) is 16.1. The monoisotopic (exact) mass is 356 g/mol. The van der Waals surface area contributed by atoms with Gasteiger partial charge in [0.1, 0.15) is 17.2 Å². The standard InChI is InChI=1S/C18H13ClN2O2S/c19-11-5-6-15-12(9-11)14-10-13(16-3-1-7-22-16)20-21(14)18(23-15)17-4-2-8-24-17/h1-9,14,18H,10H2/t14-,18+/m0/s1. The number of benzene rings is 1. The molecule has 2 aliphatic heterocycles. The predicted molar refractivity (Wildman–Crippen MR) is 93.6 cm³/mol. The molecule has 4 nitrogen and oxygen atoms in total. The number of hydrogen-bond donors (Lipinski definition) is 0. The fourth-order valence-corrected chi connectivity index (χ4v) is 4.19. The normalized spacial score (nSPS) is 21.9. The molecular weight excluding hydrogens is 344 g/mol. The molecule has 24 heavy (non-hydrogen) atoms. The van der Waals surface area contributed by atoms with Crippen LogP contribution in [0.2, 0.25) is 5.02 Å². The summed E-state index contributed by atoms with van der Waals surface area (Å²) in [6.07, 6.45) is 2.22. The van der Waals surface area contributed by atoms with Gasteiger partial charge in [-0.3, -0.25) is 0 Å². The predicted octanol–water partition coefficient (Wildman–Crippen LogP) is 5.24. The quantitative estimate of drug-likeness (QED) is 0.630. The molecule has 2 aliphatic rings. The molecule has 120 valence electrons. The molecule has 0 aliphatic carbocycles. The Hall–Kier alpha value is -2.24.